The molecular weight excluding hydrogens is 170 g/mol. The van der Waals surface area contributed by atoms with Crippen molar-refractivity contribution in [2.45, 2.75) is 6.54 Å². The van der Waals surface area contributed by atoms with Gasteiger partial charge in [0.2, 0.25) is 0 Å². The smallest absolute Gasteiger partial charge is 0.0633 e. The molecule has 0 atom stereocenters. The molecule has 0 unspecified atom stereocenters. The van der Waals surface area contributed by atoms with Gasteiger partial charge in [-0.05, 0) is 15.9 Å². The third kappa shape index (κ3) is 0.900. The summed E-state index contributed by atoms with van der Waals surface area (Å²) in [5.41, 5.74) is 6.23. The standard InChI is InChI=1S/C4H6BrN3/c5-3-2-7-8-4(3)1-6/h2H,1,6H2,(H,7,8). The molecule has 8 heavy (non-hydrogen) atoms. The van der Waals surface area contributed by atoms with E-state index in [9.17, 15) is 0 Å². The number of aromatic nitrogens is 2. The van der Waals surface area contributed by atoms with Crippen molar-refractivity contribution in [3.8, 4) is 0 Å². The molecule has 3 nitrogen and oxygen atoms in total. The maximum atomic E-state index is 5.29. The fourth-order valence-electron chi connectivity index (χ4n) is 0.441. The van der Waals surface area contributed by atoms with E-state index < -0.39 is 0 Å². The summed E-state index contributed by atoms with van der Waals surface area (Å²) in [6.45, 7) is 0.501. The second kappa shape index (κ2) is 2.28. The minimum absolute atomic E-state index is 0.501. The molecular formula is C4H6BrN3. The zero-order valence-corrected chi connectivity index (χ0v) is 5.77. The highest BCUT2D eigenvalue weighted by molar-refractivity contribution is 9.10. The van der Waals surface area contributed by atoms with E-state index in [1.807, 2.05) is 0 Å². The van der Waals surface area contributed by atoms with Crippen molar-refractivity contribution in [2.24, 2.45) is 5.73 Å². The summed E-state index contributed by atoms with van der Waals surface area (Å²) in [4.78, 5) is 0. The molecule has 0 saturated heterocycles. The zero-order chi connectivity index (χ0) is 5.98. The van der Waals surface area contributed by atoms with Gasteiger partial charge in [-0.25, -0.2) is 0 Å². The first-order valence-electron chi connectivity index (χ1n) is 2.22. The van der Waals surface area contributed by atoms with Crippen LogP contribution in [-0.2, 0) is 6.54 Å². The Kier molecular flexibility index (Phi) is 1.65. The Bertz CT molecular complexity index is 172. The van der Waals surface area contributed by atoms with E-state index >= 15 is 0 Å². The number of hydrogen-bond acceptors (Lipinski definition) is 2. The quantitative estimate of drug-likeness (QED) is 0.659. The largest absolute Gasteiger partial charge is 0.325 e. The number of hydrogen-bond donors (Lipinski definition) is 2. The third-order valence-electron chi connectivity index (χ3n) is 0.870. The summed E-state index contributed by atoms with van der Waals surface area (Å²) >= 11 is 3.25. The number of halogens is 1. The van der Waals surface area contributed by atoms with Gasteiger partial charge in [-0.2, -0.15) is 5.10 Å². The monoisotopic (exact) mass is 175 g/mol. The van der Waals surface area contributed by atoms with Crippen LogP contribution in [0.1, 0.15) is 5.69 Å². The van der Waals surface area contributed by atoms with Gasteiger partial charge < -0.3 is 5.73 Å². The molecule has 0 fully saturated rings. The van der Waals surface area contributed by atoms with Crippen LogP contribution < -0.4 is 5.73 Å². The molecule has 0 saturated carbocycles. The van der Waals surface area contributed by atoms with Gasteiger partial charge in [0.15, 0.2) is 0 Å². The van der Waals surface area contributed by atoms with Crippen LogP contribution in [0.5, 0.6) is 0 Å². The highest BCUT2D eigenvalue weighted by Crippen LogP contribution is 2.10. The lowest BCUT2D eigenvalue weighted by molar-refractivity contribution is 0.944. The van der Waals surface area contributed by atoms with Gasteiger partial charge in [-0.3, -0.25) is 5.10 Å². The Morgan fingerprint density at radius 1 is 1.88 bits per heavy atom. The van der Waals surface area contributed by atoms with Crippen molar-refractivity contribution < 1.29 is 0 Å². The molecule has 0 bridgehead atoms. The average molecular weight is 176 g/mol. The molecule has 0 aliphatic carbocycles. The molecule has 3 N–H and O–H groups in total. The summed E-state index contributed by atoms with van der Waals surface area (Å²) in [5.74, 6) is 0. The van der Waals surface area contributed by atoms with Crippen molar-refractivity contribution in [3.63, 3.8) is 0 Å². The molecule has 0 aliphatic heterocycles. The van der Waals surface area contributed by atoms with Crippen LogP contribution in [0.2, 0.25) is 0 Å². The first-order valence-corrected chi connectivity index (χ1v) is 3.01. The van der Waals surface area contributed by atoms with E-state index in [1.54, 1.807) is 6.20 Å². The van der Waals surface area contributed by atoms with Crippen LogP contribution in [0.25, 0.3) is 0 Å². The first kappa shape index (κ1) is 5.78. The number of nitrogens with zero attached hydrogens (tertiary/aromatic N) is 1. The van der Waals surface area contributed by atoms with Crippen LogP contribution in [0.4, 0.5) is 0 Å². The Balaban J connectivity index is 2.92. The topological polar surface area (TPSA) is 54.7 Å². The van der Waals surface area contributed by atoms with Gasteiger partial charge >= 0.3 is 0 Å². The van der Waals surface area contributed by atoms with Crippen molar-refractivity contribution in [3.05, 3.63) is 16.4 Å². The summed E-state index contributed by atoms with van der Waals surface area (Å²) in [7, 11) is 0. The van der Waals surface area contributed by atoms with Crippen LogP contribution >= 0.6 is 15.9 Å². The summed E-state index contributed by atoms with van der Waals surface area (Å²) < 4.78 is 0.944. The molecule has 0 amide bonds. The lowest BCUT2D eigenvalue weighted by Gasteiger charge is -1.85. The van der Waals surface area contributed by atoms with Gasteiger partial charge in [0.1, 0.15) is 0 Å². The predicted octanol–water partition coefficient (Wildman–Crippen LogP) is 0.631. The maximum Gasteiger partial charge on any atom is 0.0633 e. The molecule has 4 heteroatoms. The van der Waals surface area contributed by atoms with Gasteiger partial charge in [-0.1, -0.05) is 0 Å². The van der Waals surface area contributed by atoms with E-state index in [-0.39, 0.29) is 0 Å². The molecule has 44 valence electrons. The Morgan fingerprint density at radius 2 is 2.62 bits per heavy atom. The Morgan fingerprint density at radius 3 is 2.88 bits per heavy atom. The minimum Gasteiger partial charge on any atom is -0.325 e. The molecule has 0 radical (unpaired) electrons. The van der Waals surface area contributed by atoms with Crippen molar-refractivity contribution in [1.82, 2.24) is 10.2 Å². The second-order valence-electron chi connectivity index (χ2n) is 1.40. The fourth-order valence-corrected chi connectivity index (χ4v) is 0.794. The van der Waals surface area contributed by atoms with E-state index in [0.29, 0.717) is 6.54 Å². The highest BCUT2D eigenvalue weighted by atomic mass is 79.9. The van der Waals surface area contributed by atoms with Gasteiger partial charge in [0, 0.05) is 6.54 Å². The van der Waals surface area contributed by atoms with Crippen LogP contribution in [0.3, 0.4) is 0 Å². The Labute approximate surface area is 55.4 Å². The van der Waals surface area contributed by atoms with E-state index in [1.165, 1.54) is 0 Å². The van der Waals surface area contributed by atoms with Gasteiger partial charge in [0.25, 0.3) is 0 Å². The van der Waals surface area contributed by atoms with Gasteiger partial charge in [0.05, 0.1) is 16.4 Å². The molecule has 0 aliphatic rings. The Hall–Kier alpha value is -0.350. The van der Waals surface area contributed by atoms with Crippen LogP contribution in [-0.4, -0.2) is 10.2 Å². The molecule has 1 aromatic heterocycles. The maximum absolute atomic E-state index is 5.29. The van der Waals surface area contributed by atoms with Gasteiger partial charge in [-0.15, -0.1) is 0 Å². The van der Waals surface area contributed by atoms with Crippen LogP contribution in [0.15, 0.2) is 10.7 Å². The lowest BCUT2D eigenvalue weighted by Crippen LogP contribution is -1.96. The summed E-state index contributed by atoms with van der Waals surface area (Å²) in [5, 5.41) is 6.47. The van der Waals surface area contributed by atoms with E-state index in [4.69, 9.17) is 5.73 Å². The number of nitrogens with one attached hydrogen (secondary N) is 1. The summed E-state index contributed by atoms with van der Waals surface area (Å²) in [6, 6.07) is 0. The summed E-state index contributed by atoms with van der Waals surface area (Å²) in [6.07, 6.45) is 1.68. The van der Waals surface area contributed by atoms with E-state index in [0.717, 1.165) is 10.2 Å². The fraction of sp³-hybridized carbons (Fsp3) is 0.250. The van der Waals surface area contributed by atoms with Crippen molar-refractivity contribution in [1.29, 1.82) is 0 Å². The van der Waals surface area contributed by atoms with Crippen molar-refractivity contribution >= 4 is 15.9 Å². The second-order valence-corrected chi connectivity index (χ2v) is 2.25. The highest BCUT2D eigenvalue weighted by Gasteiger charge is 1.95. The molecule has 1 rings (SSSR count). The molecule has 1 aromatic rings. The predicted molar refractivity (Wildman–Crippen MR) is 34.2 cm³/mol. The third-order valence-corrected chi connectivity index (χ3v) is 1.55. The average Bonchev–Trinajstić information content (AvgIpc) is 2.14. The first-order chi connectivity index (χ1) is 3.84. The van der Waals surface area contributed by atoms with Crippen molar-refractivity contribution in [2.75, 3.05) is 0 Å². The normalized spacial score (nSPS) is 9.75. The molecule has 0 aromatic carbocycles. The minimum atomic E-state index is 0.501. The lowest BCUT2D eigenvalue weighted by atomic mass is 10.4. The number of aromatic amines is 1. The SMILES string of the molecule is NCc1[nH]ncc1Br. The molecule has 1 heterocycles. The van der Waals surface area contributed by atoms with E-state index in [2.05, 4.69) is 26.1 Å². The number of rotatable bonds is 1. The molecule has 0 spiro atoms. The van der Waals surface area contributed by atoms with Crippen LogP contribution in [0, 0.1) is 0 Å². The number of H-pyrrole nitrogens is 1. The number of nitrogens with two attached hydrogens (primary N) is 1. The zero-order valence-electron chi connectivity index (χ0n) is 4.19.